The van der Waals surface area contributed by atoms with Gasteiger partial charge in [0.15, 0.2) is 0 Å². The van der Waals surface area contributed by atoms with Crippen molar-refractivity contribution in [2.24, 2.45) is 0 Å². The molecule has 1 N–H and O–H groups in total. The lowest BCUT2D eigenvalue weighted by atomic mass is 10.3. The molecule has 3 nitrogen and oxygen atoms in total. The van der Waals surface area contributed by atoms with Crippen LogP contribution in [-0.4, -0.2) is 9.78 Å². The fourth-order valence-corrected chi connectivity index (χ4v) is 3.21. The summed E-state index contributed by atoms with van der Waals surface area (Å²) in [6.45, 7) is 0.690. The number of rotatable bonds is 4. The first-order chi connectivity index (χ1) is 9.72. The summed E-state index contributed by atoms with van der Waals surface area (Å²) in [7, 11) is 0. The number of anilines is 1. The molecule has 1 fully saturated rings. The van der Waals surface area contributed by atoms with E-state index in [0.29, 0.717) is 12.6 Å². The summed E-state index contributed by atoms with van der Waals surface area (Å²) >= 11 is 9.62. The maximum atomic E-state index is 6.16. The Hall–Kier alpha value is -1.00. The molecule has 0 unspecified atom stereocenters. The lowest BCUT2D eigenvalue weighted by molar-refractivity contribution is 0.463. The smallest absolute Gasteiger partial charge is 0.0815 e. The van der Waals surface area contributed by atoms with Crippen molar-refractivity contribution in [1.29, 1.82) is 0 Å². The molecule has 2 aromatic rings. The summed E-state index contributed by atoms with van der Waals surface area (Å²) in [4.78, 5) is 0. The van der Waals surface area contributed by atoms with Crippen LogP contribution in [0, 0.1) is 0 Å². The van der Waals surface area contributed by atoms with Gasteiger partial charge in [-0.15, -0.1) is 0 Å². The van der Waals surface area contributed by atoms with Gasteiger partial charge in [0.2, 0.25) is 0 Å². The fraction of sp³-hybridized carbons (Fsp3) is 0.400. The third-order valence-electron chi connectivity index (χ3n) is 3.75. The van der Waals surface area contributed by atoms with Crippen molar-refractivity contribution in [2.75, 3.05) is 5.32 Å². The summed E-state index contributed by atoms with van der Waals surface area (Å²) in [6, 6.07) is 8.47. The molecular formula is C15H17BrClN3. The third kappa shape index (κ3) is 3.18. The number of hydrogen-bond donors (Lipinski definition) is 1. The molecule has 20 heavy (non-hydrogen) atoms. The molecule has 1 aromatic carbocycles. The van der Waals surface area contributed by atoms with Crippen molar-refractivity contribution < 1.29 is 0 Å². The van der Waals surface area contributed by atoms with Gasteiger partial charge in [-0.3, -0.25) is 4.68 Å². The van der Waals surface area contributed by atoms with Crippen LogP contribution < -0.4 is 5.32 Å². The van der Waals surface area contributed by atoms with Crippen LogP contribution in [-0.2, 0) is 6.54 Å². The molecule has 1 saturated carbocycles. The maximum Gasteiger partial charge on any atom is 0.0815 e. The Morgan fingerprint density at radius 3 is 2.90 bits per heavy atom. The lowest BCUT2D eigenvalue weighted by Gasteiger charge is -2.10. The van der Waals surface area contributed by atoms with Gasteiger partial charge in [0.1, 0.15) is 0 Å². The summed E-state index contributed by atoms with van der Waals surface area (Å²) in [5.74, 6) is 0. The van der Waals surface area contributed by atoms with Crippen LogP contribution in [0.3, 0.4) is 0 Å². The second-order valence-electron chi connectivity index (χ2n) is 5.20. The summed E-state index contributed by atoms with van der Waals surface area (Å²) in [5.41, 5.74) is 1.98. The molecule has 1 aromatic heterocycles. The molecule has 0 atom stereocenters. The van der Waals surface area contributed by atoms with Crippen molar-refractivity contribution in [2.45, 2.75) is 38.3 Å². The van der Waals surface area contributed by atoms with Gasteiger partial charge in [-0.1, -0.05) is 40.4 Å². The molecule has 0 amide bonds. The van der Waals surface area contributed by atoms with Crippen LogP contribution in [0.25, 0.3) is 0 Å². The second kappa shape index (κ2) is 6.19. The maximum absolute atomic E-state index is 6.16. The summed E-state index contributed by atoms with van der Waals surface area (Å²) in [5, 5.41) is 8.72. The van der Waals surface area contributed by atoms with Gasteiger partial charge in [0, 0.05) is 10.7 Å². The molecule has 0 saturated heterocycles. The Labute approximate surface area is 132 Å². The van der Waals surface area contributed by atoms with Crippen LogP contribution in [0.4, 0.5) is 5.69 Å². The van der Waals surface area contributed by atoms with E-state index in [2.05, 4.69) is 43.3 Å². The first kappa shape index (κ1) is 14.0. The number of hydrogen-bond acceptors (Lipinski definition) is 2. The first-order valence-electron chi connectivity index (χ1n) is 6.95. The number of nitrogens with zero attached hydrogens (tertiary/aromatic N) is 2. The SMILES string of the molecule is Clc1ccc(Br)cc1NCc1ccn(C2CCCC2)n1. The zero-order valence-corrected chi connectivity index (χ0v) is 13.5. The number of halogens is 2. The monoisotopic (exact) mass is 353 g/mol. The molecule has 3 rings (SSSR count). The minimum atomic E-state index is 0.596. The third-order valence-corrected chi connectivity index (χ3v) is 4.57. The molecule has 0 aliphatic heterocycles. The predicted molar refractivity (Wildman–Crippen MR) is 86.2 cm³/mol. The van der Waals surface area contributed by atoms with E-state index in [9.17, 15) is 0 Å². The van der Waals surface area contributed by atoms with Crippen LogP contribution in [0.2, 0.25) is 5.02 Å². The zero-order valence-electron chi connectivity index (χ0n) is 11.1. The minimum Gasteiger partial charge on any atom is -0.378 e. The molecule has 0 bridgehead atoms. The molecule has 106 valence electrons. The highest BCUT2D eigenvalue weighted by Crippen LogP contribution is 2.29. The van der Waals surface area contributed by atoms with Crippen LogP contribution in [0.5, 0.6) is 0 Å². The quantitative estimate of drug-likeness (QED) is 0.835. The second-order valence-corrected chi connectivity index (χ2v) is 6.53. The van der Waals surface area contributed by atoms with Gasteiger partial charge in [-0.25, -0.2) is 0 Å². The molecule has 1 aliphatic rings. The van der Waals surface area contributed by atoms with E-state index in [4.69, 9.17) is 11.6 Å². The minimum absolute atomic E-state index is 0.596. The van der Waals surface area contributed by atoms with E-state index in [-0.39, 0.29) is 0 Å². The average molecular weight is 355 g/mol. The van der Waals surface area contributed by atoms with Crippen molar-refractivity contribution in [3.63, 3.8) is 0 Å². The Balaban J connectivity index is 1.64. The van der Waals surface area contributed by atoms with E-state index in [1.54, 1.807) is 0 Å². The molecule has 0 spiro atoms. The predicted octanol–water partition coefficient (Wildman–Crippen LogP) is 5.03. The molecule has 1 heterocycles. The Morgan fingerprint density at radius 2 is 2.10 bits per heavy atom. The number of benzene rings is 1. The van der Waals surface area contributed by atoms with Gasteiger partial charge in [-0.05, 0) is 37.1 Å². The highest BCUT2D eigenvalue weighted by atomic mass is 79.9. The van der Waals surface area contributed by atoms with Gasteiger partial charge >= 0.3 is 0 Å². The van der Waals surface area contributed by atoms with E-state index in [0.717, 1.165) is 20.9 Å². The summed E-state index contributed by atoms with van der Waals surface area (Å²) in [6.07, 6.45) is 7.26. The summed E-state index contributed by atoms with van der Waals surface area (Å²) < 4.78 is 3.13. The van der Waals surface area contributed by atoms with Crippen molar-refractivity contribution in [3.8, 4) is 0 Å². The fourth-order valence-electron chi connectivity index (χ4n) is 2.66. The molecule has 1 aliphatic carbocycles. The van der Waals surface area contributed by atoms with Crippen LogP contribution in [0.1, 0.15) is 37.4 Å². The van der Waals surface area contributed by atoms with Crippen molar-refractivity contribution in [3.05, 3.63) is 45.7 Å². The Kier molecular flexibility index (Phi) is 4.32. The van der Waals surface area contributed by atoms with Gasteiger partial charge in [0.25, 0.3) is 0 Å². The zero-order chi connectivity index (χ0) is 13.9. The average Bonchev–Trinajstić information content (AvgIpc) is 3.09. The number of nitrogens with one attached hydrogen (secondary N) is 1. The van der Waals surface area contributed by atoms with Crippen LogP contribution >= 0.6 is 27.5 Å². The van der Waals surface area contributed by atoms with Gasteiger partial charge < -0.3 is 5.32 Å². The van der Waals surface area contributed by atoms with Gasteiger partial charge in [-0.2, -0.15) is 5.10 Å². The van der Waals surface area contributed by atoms with Crippen molar-refractivity contribution >= 4 is 33.2 Å². The van der Waals surface area contributed by atoms with Gasteiger partial charge in [0.05, 0.1) is 29.0 Å². The Bertz CT molecular complexity index is 591. The standard InChI is InChI=1S/C15H17BrClN3/c16-11-5-6-14(17)15(9-11)18-10-12-7-8-20(19-12)13-3-1-2-4-13/h5-9,13,18H,1-4,10H2. The molecule has 5 heteroatoms. The highest BCUT2D eigenvalue weighted by Gasteiger charge is 2.17. The topological polar surface area (TPSA) is 29.9 Å². The molecule has 0 radical (unpaired) electrons. The largest absolute Gasteiger partial charge is 0.378 e. The molecular weight excluding hydrogens is 338 g/mol. The van der Waals surface area contributed by atoms with E-state index in [1.165, 1.54) is 25.7 Å². The highest BCUT2D eigenvalue weighted by molar-refractivity contribution is 9.10. The van der Waals surface area contributed by atoms with E-state index >= 15 is 0 Å². The number of aromatic nitrogens is 2. The lowest BCUT2D eigenvalue weighted by Crippen LogP contribution is -2.07. The first-order valence-corrected chi connectivity index (χ1v) is 8.12. The van der Waals surface area contributed by atoms with Crippen molar-refractivity contribution in [1.82, 2.24) is 9.78 Å². The normalized spacial score (nSPS) is 15.7. The van der Waals surface area contributed by atoms with E-state index < -0.39 is 0 Å². The van der Waals surface area contributed by atoms with Crippen LogP contribution in [0.15, 0.2) is 34.9 Å². The van der Waals surface area contributed by atoms with E-state index in [1.807, 2.05) is 18.2 Å². The Morgan fingerprint density at radius 1 is 1.30 bits per heavy atom.